The summed E-state index contributed by atoms with van der Waals surface area (Å²) in [5.74, 6) is 0.366. The van der Waals surface area contributed by atoms with E-state index >= 15 is 0 Å². The van der Waals surface area contributed by atoms with E-state index in [0.717, 1.165) is 30.5 Å². The van der Waals surface area contributed by atoms with Crippen molar-refractivity contribution in [3.8, 4) is 0 Å². The highest BCUT2D eigenvalue weighted by Crippen LogP contribution is 2.33. The molecule has 23 heavy (non-hydrogen) atoms. The van der Waals surface area contributed by atoms with Crippen molar-refractivity contribution >= 4 is 21.6 Å². The fraction of sp³-hybridized carbons (Fsp3) is 0.562. The standard InChI is InChI=1S/C16H23N3O3S/c1-18-23(21,22)13-5-6-15-12(9-13)7-8-19(15)16(20)10-11-3-2-4-14(11)17/h5-6,9,11,14,18H,2-4,7-8,10,17H2,1H3/t11-,14+/m0/s1. The van der Waals surface area contributed by atoms with Gasteiger partial charge < -0.3 is 10.6 Å². The Morgan fingerprint density at radius 2 is 2.17 bits per heavy atom. The van der Waals surface area contributed by atoms with E-state index < -0.39 is 10.0 Å². The van der Waals surface area contributed by atoms with Gasteiger partial charge >= 0.3 is 0 Å². The Morgan fingerprint density at radius 1 is 1.39 bits per heavy atom. The zero-order chi connectivity index (χ0) is 16.6. The Bertz CT molecular complexity index is 717. The fourth-order valence-corrected chi connectivity index (χ4v) is 4.36. The largest absolute Gasteiger partial charge is 0.327 e. The third-order valence-electron chi connectivity index (χ3n) is 4.98. The van der Waals surface area contributed by atoms with E-state index in [1.165, 1.54) is 7.05 Å². The van der Waals surface area contributed by atoms with Crippen LogP contribution in [-0.4, -0.2) is 34.0 Å². The van der Waals surface area contributed by atoms with E-state index in [0.29, 0.717) is 19.4 Å². The summed E-state index contributed by atoms with van der Waals surface area (Å²) in [6, 6.07) is 5.08. The Balaban J connectivity index is 1.78. The number of hydrogen-bond acceptors (Lipinski definition) is 4. The third-order valence-corrected chi connectivity index (χ3v) is 6.39. The van der Waals surface area contributed by atoms with Crippen LogP contribution in [0.2, 0.25) is 0 Å². The van der Waals surface area contributed by atoms with Gasteiger partial charge in [-0.3, -0.25) is 4.79 Å². The summed E-state index contributed by atoms with van der Waals surface area (Å²) in [6.07, 6.45) is 4.29. The van der Waals surface area contributed by atoms with E-state index in [1.807, 2.05) is 0 Å². The number of fused-ring (bicyclic) bond motifs is 1. The van der Waals surface area contributed by atoms with E-state index in [1.54, 1.807) is 23.1 Å². The molecule has 1 aromatic rings. The first-order chi connectivity index (χ1) is 10.9. The molecule has 1 aliphatic heterocycles. The van der Waals surface area contributed by atoms with Crippen LogP contribution in [0.15, 0.2) is 23.1 Å². The number of carbonyl (C=O) groups excluding carboxylic acids is 1. The van der Waals surface area contributed by atoms with Crippen LogP contribution < -0.4 is 15.4 Å². The molecule has 0 aromatic heterocycles. The maximum Gasteiger partial charge on any atom is 0.240 e. The number of rotatable bonds is 4. The van der Waals surface area contributed by atoms with Crippen molar-refractivity contribution in [2.24, 2.45) is 11.7 Å². The summed E-state index contributed by atoms with van der Waals surface area (Å²) in [6.45, 7) is 0.610. The molecule has 2 atom stereocenters. The average Bonchev–Trinajstić information content (AvgIpc) is 3.13. The van der Waals surface area contributed by atoms with Gasteiger partial charge in [0.05, 0.1) is 4.90 Å². The van der Waals surface area contributed by atoms with E-state index in [-0.39, 0.29) is 22.8 Å². The first-order valence-electron chi connectivity index (χ1n) is 8.05. The summed E-state index contributed by atoms with van der Waals surface area (Å²) in [7, 11) is -2.06. The van der Waals surface area contributed by atoms with Crippen LogP contribution in [0.1, 0.15) is 31.2 Å². The van der Waals surface area contributed by atoms with Gasteiger partial charge in [0.15, 0.2) is 0 Å². The highest BCUT2D eigenvalue weighted by atomic mass is 32.2. The minimum Gasteiger partial charge on any atom is -0.327 e. The Labute approximate surface area is 137 Å². The molecule has 1 aliphatic carbocycles. The van der Waals surface area contributed by atoms with Crippen molar-refractivity contribution in [1.29, 1.82) is 0 Å². The fourth-order valence-electron chi connectivity index (χ4n) is 3.58. The molecule has 126 valence electrons. The number of nitrogens with one attached hydrogen (secondary N) is 1. The molecule has 1 aromatic carbocycles. The summed E-state index contributed by atoms with van der Waals surface area (Å²) in [5.41, 5.74) is 7.80. The summed E-state index contributed by atoms with van der Waals surface area (Å²) in [5, 5.41) is 0. The quantitative estimate of drug-likeness (QED) is 0.857. The number of sulfonamides is 1. The lowest BCUT2D eigenvalue weighted by Gasteiger charge is -2.21. The van der Waals surface area contributed by atoms with Crippen molar-refractivity contribution in [3.63, 3.8) is 0 Å². The number of benzene rings is 1. The van der Waals surface area contributed by atoms with Gasteiger partial charge in [-0.1, -0.05) is 6.42 Å². The number of hydrogen-bond donors (Lipinski definition) is 2. The minimum absolute atomic E-state index is 0.0929. The molecular formula is C16H23N3O3S. The molecule has 2 aliphatic rings. The molecule has 1 amide bonds. The van der Waals surface area contributed by atoms with Gasteiger partial charge in [-0.15, -0.1) is 0 Å². The summed E-state index contributed by atoms with van der Waals surface area (Å²) in [4.78, 5) is 14.6. The minimum atomic E-state index is -3.45. The zero-order valence-corrected chi connectivity index (χ0v) is 14.1. The van der Waals surface area contributed by atoms with Gasteiger partial charge in [-0.2, -0.15) is 0 Å². The molecule has 7 heteroatoms. The normalized spacial score (nSPS) is 24.0. The molecular weight excluding hydrogens is 314 g/mol. The Morgan fingerprint density at radius 3 is 2.83 bits per heavy atom. The molecule has 1 saturated carbocycles. The number of amides is 1. The molecule has 1 fully saturated rings. The summed E-state index contributed by atoms with van der Waals surface area (Å²) < 4.78 is 26.1. The molecule has 3 N–H and O–H groups in total. The molecule has 3 rings (SSSR count). The monoisotopic (exact) mass is 337 g/mol. The van der Waals surface area contributed by atoms with E-state index in [9.17, 15) is 13.2 Å². The van der Waals surface area contributed by atoms with Gasteiger partial charge in [0, 0.05) is 24.7 Å². The Kier molecular flexibility index (Phi) is 4.44. The second kappa shape index (κ2) is 6.22. The van der Waals surface area contributed by atoms with Gasteiger partial charge in [-0.25, -0.2) is 13.1 Å². The maximum atomic E-state index is 12.6. The molecule has 6 nitrogen and oxygen atoms in total. The van der Waals surface area contributed by atoms with E-state index in [4.69, 9.17) is 5.73 Å². The van der Waals surface area contributed by atoms with Gasteiger partial charge in [-0.05, 0) is 56.0 Å². The first-order valence-corrected chi connectivity index (χ1v) is 9.53. The second-order valence-corrected chi connectivity index (χ2v) is 8.24. The number of nitrogens with zero attached hydrogens (tertiary/aromatic N) is 1. The molecule has 0 saturated heterocycles. The highest BCUT2D eigenvalue weighted by molar-refractivity contribution is 7.89. The SMILES string of the molecule is CNS(=O)(=O)c1ccc2c(c1)CCN2C(=O)C[C@@H]1CCC[C@H]1N. The first kappa shape index (κ1) is 16.4. The number of nitrogens with two attached hydrogens (primary N) is 1. The average molecular weight is 337 g/mol. The zero-order valence-electron chi connectivity index (χ0n) is 13.3. The van der Waals surface area contributed by atoms with Crippen LogP contribution in [-0.2, 0) is 21.2 Å². The third kappa shape index (κ3) is 3.13. The van der Waals surface area contributed by atoms with Crippen molar-refractivity contribution in [3.05, 3.63) is 23.8 Å². The second-order valence-electron chi connectivity index (χ2n) is 6.35. The van der Waals surface area contributed by atoms with E-state index in [2.05, 4.69) is 4.72 Å². The van der Waals surface area contributed by atoms with Gasteiger partial charge in [0.25, 0.3) is 0 Å². The maximum absolute atomic E-state index is 12.6. The van der Waals surface area contributed by atoms with Crippen LogP contribution in [0.3, 0.4) is 0 Å². The van der Waals surface area contributed by atoms with Crippen LogP contribution in [0.25, 0.3) is 0 Å². The lowest BCUT2D eigenvalue weighted by molar-refractivity contribution is -0.119. The topological polar surface area (TPSA) is 92.5 Å². The molecule has 1 heterocycles. The molecule has 0 bridgehead atoms. The predicted molar refractivity (Wildman–Crippen MR) is 88.7 cm³/mol. The molecule has 0 spiro atoms. The van der Waals surface area contributed by atoms with Gasteiger partial charge in [0.2, 0.25) is 15.9 Å². The smallest absolute Gasteiger partial charge is 0.240 e. The van der Waals surface area contributed by atoms with Crippen molar-refractivity contribution < 1.29 is 13.2 Å². The molecule has 0 radical (unpaired) electrons. The van der Waals surface area contributed by atoms with Crippen LogP contribution in [0, 0.1) is 5.92 Å². The highest BCUT2D eigenvalue weighted by Gasteiger charge is 2.31. The lowest BCUT2D eigenvalue weighted by atomic mass is 9.99. The van der Waals surface area contributed by atoms with Crippen LogP contribution >= 0.6 is 0 Å². The van der Waals surface area contributed by atoms with Crippen LogP contribution in [0.5, 0.6) is 0 Å². The predicted octanol–water partition coefficient (Wildman–Crippen LogP) is 1.00. The summed E-state index contributed by atoms with van der Waals surface area (Å²) >= 11 is 0. The molecule has 0 unspecified atom stereocenters. The lowest BCUT2D eigenvalue weighted by Crippen LogP contribution is -2.34. The Hall–Kier alpha value is -1.44. The number of anilines is 1. The van der Waals surface area contributed by atoms with Crippen molar-refractivity contribution in [2.45, 2.75) is 43.0 Å². The number of carbonyl (C=O) groups is 1. The van der Waals surface area contributed by atoms with Crippen molar-refractivity contribution in [1.82, 2.24) is 4.72 Å². The van der Waals surface area contributed by atoms with Gasteiger partial charge in [0.1, 0.15) is 0 Å². The van der Waals surface area contributed by atoms with Crippen LogP contribution in [0.4, 0.5) is 5.69 Å². The van der Waals surface area contributed by atoms with Crippen molar-refractivity contribution in [2.75, 3.05) is 18.5 Å².